The smallest absolute Gasteiger partial charge is 0.258 e. The van der Waals surface area contributed by atoms with E-state index >= 15 is 0 Å². The molecule has 0 radical (unpaired) electrons. The molecular formula is C12H9FN2O2. The average molecular weight is 232 g/mol. The average Bonchev–Trinajstić information content (AvgIpc) is 2.29. The van der Waals surface area contributed by atoms with Crippen LogP contribution in [0.2, 0.25) is 0 Å². The minimum absolute atomic E-state index is 0.102. The van der Waals surface area contributed by atoms with Gasteiger partial charge in [-0.1, -0.05) is 12.1 Å². The third kappa shape index (κ3) is 2.28. The number of nitrogens with zero attached hydrogens (tertiary/aromatic N) is 2. The topological polar surface area (TPSA) is 56.0 Å². The Balaban J connectivity index is 2.58. The second-order valence-electron chi connectivity index (χ2n) is 3.59. The molecule has 0 spiro atoms. The molecule has 0 aliphatic carbocycles. The Labute approximate surface area is 96.9 Å². The Hall–Kier alpha value is -2.30. The van der Waals surface area contributed by atoms with E-state index in [-0.39, 0.29) is 11.5 Å². The number of halogens is 1. The SMILES string of the molecule is Cc1ncc([N+](=O)[O-])cc1-c1cccc(F)c1. The Morgan fingerprint density at radius 3 is 2.76 bits per heavy atom. The Kier molecular flexibility index (Phi) is 2.82. The van der Waals surface area contributed by atoms with Gasteiger partial charge in [0.15, 0.2) is 0 Å². The largest absolute Gasteiger partial charge is 0.288 e. The second kappa shape index (κ2) is 4.29. The van der Waals surface area contributed by atoms with E-state index in [9.17, 15) is 14.5 Å². The van der Waals surface area contributed by atoms with Crippen LogP contribution in [0.5, 0.6) is 0 Å². The fraction of sp³-hybridized carbons (Fsp3) is 0.0833. The maximum absolute atomic E-state index is 13.1. The highest BCUT2D eigenvalue weighted by molar-refractivity contribution is 5.67. The van der Waals surface area contributed by atoms with Crippen molar-refractivity contribution < 1.29 is 9.31 Å². The van der Waals surface area contributed by atoms with Gasteiger partial charge >= 0.3 is 0 Å². The summed E-state index contributed by atoms with van der Waals surface area (Å²) >= 11 is 0. The molecule has 5 heteroatoms. The lowest BCUT2D eigenvalue weighted by molar-refractivity contribution is -0.385. The van der Waals surface area contributed by atoms with Gasteiger partial charge in [0, 0.05) is 17.3 Å². The molecule has 0 atom stereocenters. The van der Waals surface area contributed by atoms with Gasteiger partial charge in [0.2, 0.25) is 0 Å². The van der Waals surface area contributed by atoms with Crippen molar-refractivity contribution in [2.45, 2.75) is 6.92 Å². The molecule has 4 nitrogen and oxygen atoms in total. The lowest BCUT2D eigenvalue weighted by Crippen LogP contribution is -1.93. The summed E-state index contributed by atoms with van der Waals surface area (Å²) in [4.78, 5) is 14.1. The number of hydrogen-bond donors (Lipinski definition) is 0. The molecule has 1 heterocycles. The van der Waals surface area contributed by atoms with E-state index in [0.29, 0.717) is 16.8 Å². The second-order valence-corrected chi connectivity index (χ2v) is 3.59. The van der Waals surface area contributed by atoms with Crippen molar-refractivity contribution in [1.29, 1.82) is 0 Å². The minimum atomic E-state index is -0.519. The zero-order valence-corrected chi connectivity index (χ0v) is 9.05. The summed E-state index contributed by atoms with van der Waals surface area (Å²) in [7, 11) is 0. The first-order valence-corrected chi connectivity index (χ1v) is 4.95. The number of benzene rings is 1. The highest BCUT2D eigenvalue weighted by Gasteiger charge is 2.11. The molecule has 0 fully saturated rings. The van der Waals surface area contributed by atoms with Gasteiger partial charge in [-0.25, -0.2) is 4.39 Å². The van der Waals surface area contributed by atoms with Crippen LogP contribution in [-0.4, -0.2) is 9.91 Å². The minimum Gasteiger partial charge on any atom is -0.258 e. The van der Waals surface area contributed by atoms with E-state index in [2.05, 4.69) is 4.98 Å². The summed E-state index contributed by atoms with van der Waals surface area (Å²) in [5.74, 6) is -0.381. The van der Waals surface area contributed by atoms with Gasteiger partial charge in [0.1, 0.15) is 12.0 Å². The van der Waals surface area contributed by atoms with Crippen LogP contribution in [0, 0.1) is 22.9 Å². The van der Waals surface area contributed by atoms with Gasteiger partial charge in [-0.05, 0) is 24.6 Å². The third-order valence-electron chi connectivity index (χ3n) is 2.42. The van der Waals surface area contributed by atoms with E-state index in [1.54, 1.807) is 19.1 Å². The molecule has 0 amide bonds. The molecule has 0 unspecified atom stereocenters. The summed E-state index contributed by atoms with van der Waals surface area (Å²) < 4.78 is 13.1. The van der Waals surface area contributed by atoms with E-state index in [4.69, 9.17) is 0 Å². The van der Waals surface area contributed by atoms with Gasteiger partial charge in [-0.3, -0.25) is 15.1 Å². The highest BCUT2D eigenvalue weighted by atomic mass is 19.1. The van der Waals surface area contributed by atoms with Crippen LogP contribution in [0.3, 0.4) is 0 Å². The van der Waals surface area contributed by atoms with Crippen LogP contribution >= 0.6 is 0 Å². The Bertz CT molecular complexity index is 584. The lowest BCUT2D eigenvalue weighted by atomic mass is 10.0. The lowest BCUT2D eigenvalue weighted by Gasteiger charge is -2.04. The quantitative estimate of drug-likeness (QED) is 0.590. The Morgan fingerprint density at radius 2 is 2.12 bits per heavy atom. The molecule has 17 heavy (non-hydrogen) atoms. The molecule has 0 saturated heterocycles. The summed E-state index contributed by atoms with van der Waals surface area (Å²) in [6.45, 7) is 1.73. The zero-order valence-electron chi connectivity index (χ0n) is 9.05. The molecule has 0 aliphatic rings. The summed E-state index contributed by atoms with van der Waals surface area (Å²) in [5.41, 5.74) is 1.67. The molecule has 0 saturated carbocycles. The first kappa shape index (κ1) is 11.2. The maximum Gasteiger partial charge on any atom is 0.288 e. The van der Waals surface area contributed by atoms with Crippen LogP contribution in [0.25, 0.3) is 11.1 Å². The van der Waals surface area contributed by atoms with Crippen LogP contribution < -0.4 is 0 Å². The van der Waals surface area contributed by atoms with Crippen molar-refractivity contribution in [3.63, 3.8) is 0 Å². The molecule has 1 aromatic heterocycles. The van der Waals surface area contributed by atoms with Crippen molar-refractivity contribution in [1.82, 2.24) is 4.98 Å². The number of nitro groups is 1. The van der Waals surface area contributed by atoms with E-state index in [1.807, 2.05) is 0 Å². The third-order valence-corrected chi connectivity index (χ3v) is 2.42. The van der Waals surface area contributed by atoms with Crippen molar-refractivity contribution in [3.05, 3.63) is 58.2 Å². The normalized spacial score (nSPS) is 10.2. The predicted octanol–water partition coefficient (Wildman–Crippen LogP) is 3.10. The zero-order chi connectivity index (χ0) is 12.4. The highest BCUT2D eigenvalue weighted by Crippen LogP contribution is 2.26. The van der Waals surface area contributed by atoms with Crippen LogP contribution in [0.4, 0.5) is 10.1 Å². The van der Waals surface area contributed by atoms with E-state index in [1.165, 1.54) is 24.4 Å². The number of rotatable bonds is 2. The van der Waals surface area contributed by atoms with Gasteiger partial charge in [-0.2, -0.15) is 0 Å². The fourth-order valence-corrected chi connectivity index (χ4v) is 1.57. The van der Waals surface area contributed by atoms with Crippen molar-refractivity contribution in [2.24, 2.45) is 0 Å². The molecule has 0 aliphatic heterocycles. The van der Waals surface area contributed by atoms with Crippen LogP contribution in [0.15, 0.2) is 36.5 Å². The molecular weight excluding hydrogens is 223 g/mol. The first-order chi connectivity index (χ1) is 8.08. The number of aryl methyl sites for hydroxylation is 1. The molecule has 2 aromatic rings. The van der Waals surface area contributed by atoms with Crippen LogP contribution in [-0.2, 0) is 0 Å². The number of aromatic nitrogens is 1. The number of hydrogen-bond acceptors (Lipinski definition) is 3. The monoisotopic (exact) mass is 232 g/mol. The van der Waals surface area contributed by atoms with Crippen molar-refractivity contribution >= 4 is 5.69 Å². The maximum atomic E-state index is 13.1. The van der Waals surface area contributed by atoms with E-state index < -0.39 is 4.92 Å². The summed E-state index contributed by atoms with van der Waals surface area (Å²) in [5, 5.41) is 10.7. The number of pyridine rings is 1. The van der Waals surface area contributed by atoms with Gasteiger partial charge in [0.05, 0.1) is 4.92 Å². The van der Waals surface area contributed by atoms with Crippen molar-refractivity contribution in [3.8, 4) is 11.1 Å². The summed E-state index contributed by atoms with van der Waals surface area (Å²) in [6, 6.07) is 7.30. The predicted molar refractivity (Wildman–Crippen MR) is 61.0 cm³/mol. The van der Waals surface area contributed by atoms with E-state index in [0.717, 1.165) is 0 Å². The standard InChI is InChI=1S/C12H9FN2O2/c1-8-12(6-11(7-14-8)15(16)17)9-3-2-4-10(13)5-9/h2-7H,1H3. The Morgan fingerprint density at radius 1 is 1.35 bits per heavy atom. The van der Waals surface area contributed by atoms with Gasteiger partial charge < -0.3 is 0 Å². The van der Waals surface area contributed by atoms with Crippen LogP contribution in [0.1, 0.15) is 5.69 Å². The van der Waals surface area contributed by atoms with Gasteiger partial charge in [-0.15, -0.1) is 0 Å². The van der Waals surface area contributed by atoms with Crippen molar-refractivity contribution in [2.75, 3.05) is 0 Å². The molecule has 0 bridgehead atoms. The van der Waals surface area contributed by atoms with Gasteiger partial charge in [0.25, 0.3) is 5.69 Å². The molecule has 0 N–H and O–H groups in total. The molecule has 2 rings (SSSR count). The first-order valence-electron chi connectivity index (χ1n) is 4.95. The summed E-state index contributed by atoms with van der Waals surface area (Å²) in [6.07, 6.45) is 1.19. The fourth-order valence-electron chi connectivity index (χ4n) is 1.57. The molecule has 86 valence electrons. The molecule has 1 aromatic carbocycles.